The molecular formula is C17H18FNO2S. The molecule has 1 heterocycles. The summed E-state index contributed by atoms with van der Waals surface area (Å²) in [6.45, 7) is 4.02. The second-order valence-electron chi connectivity index (χ2n) is 5.75. The lowest BCUT2D eigenvalue weighted by Gasteiger charge is -2.31. The second kappa shape index (κ2) is 5.39. The van der Waals surface area contributed by atoms with Crippen molar-refractivity contribution in [1.29, 1.82) is 0 Å². The SMILES string of the molecule is Cc1ccc(S(=O)(=O)N2CCCc3cc(C)cc(F)c32)cc1. The van der Waals surface area contributed by atoms with Crippen LogP contribution in [0, 0.1) is 19.7 Å². The van der Waals surface area contributed by atoms with Gasteiger partial charge in [0, 0.05) is 6.54 Å². The van der Waals surface area contributed by atoms with Gasteiger partial charge in [-0.2, -0.15) is 0 Å². The summed E-state index contributed by atoms with van der Waals surface area (Å²) in [6, 6.07) is 9.92. The Kier molecular flexibility index (Phi) is 3.68. The number of hydrogen-bond donors (Lipinski definition) is 0. The lowest BCUT2D eigenvalue weighted by atomic mass is 10.0. The van der Waals surface area contributed by atoms with Crippen LogP contribution in [0.5, 0.6) is 0 Å². The van der Waals surface area contributed by atoms with Crippen LogP contribution in [0.25, 0.3) is 0 Å². The molecule has 0 aromatic heterocycles. The highest BCUT2D eigenvalue weighted by atomic mass is 32.2. The molecule has 0 radical (unpaired) electrons. The molecule has 0 saturated heterocycles. The van der Waals surface area contributed by atoms with E-state index < -0.39 is 15.8 Å². The van der Waals surface area contributed by atoms with Gasteiger partial charge in [-0.1, -0.05) is 23.8 Å². The molecule has 0 aliphatic carbocycles. The molecule has 0 atom stereocenters. The first-order valence-corrected chi connectivity index (χ1v) is 8.72. The van der Waals surface area contributed by atoms with E-state index in [1.807, 2.05) is 19.9 Å². The van der Waals surface area contributed by atoms with Gasteiger partial charge in [0.15, 0.2) is 0 Å². The molecule has 0 unspecified atom stereocenters. The van der Waals surface area contributed by atoms with Crippen LogP contribution in [0.3, 0.4) is 0 Å². The third kappa shape index (κ3) is 2.50. The zero-order valence-electron chi connectivity index (χ0n) is 12.6. The molecule has 116 valence electrons. The summed E-state index contributed by atoms with van der Waals surface area (Å²) < 4.78 is 41.3. The van der Waals surface area contributed by atoms with Gasteiger partial charge < -0.3 is 0 Å². The predicted molar refractivity (Wildman–Crippen MR) is 85.2 cm³/mol. The Labute approximate surface area is 130 Å². The molecule has 0 spiro atoms. The number of sulfonamides is 1. The fourth-order valence-electron chi connectivity index (χ4n) is 2.88. The molecule has 0 N–H and O–H groups in total. The average molecular weight is 319 g/mol. The van der Waals surface area contributed by atoms with Crippen molar-refractivity contribution in [3.8, 4) is 0 Å². The van der Waals surface area contributed by atoms with Gasteiger partial charge in [0.25, 0.3) is 10.0 Å². The van der Waals surface area contributed by atoms with Gasteiger partial charge in [-0.15, -0.1) is 0 Å². The van der Waals surface area contributed by atoms with Crippen LogP contribution in [0.2, 0.25) is 0 Å². The number of fused-ring (bicyclic) bond motifs is 1. The van der Waals surface area contributed by atoms with E-state index in [0.29, 0.717) is 19.4 Å². The van der Waals surface area contributed by atoms with Gasteiger partial charge in [-0.05, 0) is 56.0 Å². The highest BCUT2D eigenvalue weighted by molar-refractivity contribution is 7.92. The Morgan fingerprint density at radius 3 is 2.41 bits per heavy atom. The summed E-state index contributed by atoms with van der Waals surface area (Å²) >= 11 is 0. The minimum atomic E-state index is -3.73. The number of anilines is 1. The van der Waals surface area contributed by atoms with Crippen molar-refractivity contribution in [2.24, 2.45) is 0 Å². The largest absolute Gasteiger partial charge is 0.264 e. The highest BCUT2D eigenvalue weighted by Gasteiger charge is 2.31. The summed E-state index contributed by atoms with van der Waals surface area (Å²) in [6.07, 6.45) is 1.40. The fraction of sp³-hybridized carbons (Fsp3) is 0.294. The Bertz CT molecular complexity index is 813. The van der Waals surface area contributed by atoms with Crippen molar-refractivity contribution in [2.45, 2.75) is 31.6 Å². The molecule has 2 aromatic carbocycles. The molecule has 0 amide bonds. The van der Waals surface area contributed by atoms with Gasteiger partial charge >= 0.3 is 0 Å². The van der Waals surface area contributed by atoms with E-state index in [-0.39, 0.29) is 10.6 Å². The maximum atomic E-state index is 14.4. The van der Waals surface area contributed by atoms with E-state index in [9.17, 15) is 12.8 Å². The van der Waals surface area contributed by atoms with Crippen molar-refractivity contribution in [1.82, 2.24) is 0 Å². The molecule has 22 heavy (non-hydrogen) atoms. The van der Waals surface area contributed by atoms with E-state index in [0.717, 1.165) is 16.7 Å². The summed E-state index contributed by atoms with van der Waals surface area (Å²) in [5.74, 6) is -0.467. The first kappa shape index (κ1) is 15.0. The average Bonchev–Trinajstić information content (AvgIpc) is 2.46. The first-order valence-electron chi connectivity index (χ1n) is 7.28. The first-order chi connectivity index (χ1) is 10.4. The third-order valence-corrected chi connectivity index (χ3v) is 5.77. The molecule has 3 rings (SSSR count). The van der Waals surface area contributed by atoms with Crippen molar-refractivity contribution in [3.05, 3.63) is 58.9 Å². The lowest BCUT2D eigenvalue weighted by molar-refractivity contribution is 0.576. The highest BCUT2D eigenvalue weighted by Crippen LogP contribution is 2.35. The van der Waals surface area contributed by atoms with Crippen LogP contribution in [-0.2, 0) is 16.4 Å². The molecule has 3 nitrogen and oxygen atoms in total. The van der Waals surface area contributed by atoms with E-state index in [1.54, 1.807) is 24.3 Å². The smallest absolute Gasteiger partial charge is 0.263 e. The van der Waals surface area contributed by atoms with Gasteiger partial charge in [-0.3, -0.25) is 4.31 Å². The molecular weight excluding hydrogens is 301 g/mol. The summed E-state index contributed by atoms with van der Waals surface area (Å²) in [7, 11) is -3.73. The number of rotatable bonds is 2. The zero-order chi connectivity index (χ0) is 15.9. The van der Waals surface area contributed by atoms with Crippen LogP contribution in [0.4, 0.5) is 10.1 Å². The van der Waals surface area contributed by atoms with E-state index >= 15 is 0 Å². The third-order valence-electron chi connectivity index (χ3n) is 3.95. The van der Waals surface area contributed by atoms with E-state index in [4.69, 9.17) is 0 Å². The zero-order valence-corrected chi connectivity index (χ0v) is 13.5. The molecule has 0 fully saturated rings. The minimum Gasteiger partial charge on any atom is -0.263 e. The van der Waals surface area contributed by atoms with Crippen LogP contribution >= 0.6 is 0 Å². The van der Waals surface area contributed by atoms with Gasteiger partial charge in [0.1, 0.15) is 5.82 Å². The number of benzene rings is 2. The molecule has 1 aliphatic rings. The Balaban J connectivity index is 2.13. The standard InChI is InChI=1S/C17H18FNO2S/c1-12-5-7-15(8-6-12)22(20,21)19-9-3-4-14-10-13(2)11-16(18)17(14)19/h5-8,10-11H,3-4,9H2,1-2H3. The molecule has 0 saturated carbocycles. The molecule has 1 aliphatic heterocycles. The predicted octanol–water partition coefficient (Wildman–Crippen LogP) is 3.58. The van der Waals surface area contributed by atoms with E-state index in [1.165, 1.54) is 10.4 Å². The number of aryl methyl sites for hydroxylation is 3. The summed E-state index contributed by atoms with van der Waals surface area (Å²) in [5, 5.41) is 0. The Morgan fingerprint density at radius 2 is 1.73 bits per heavy atom. The number of hydrogen-bond acceptors (Lipinski definition) is 2. The number of nitrogens with zero attached hydrogens (tertiary/aromatic N) is 1. The monoisotopic (exact) mass is 319 g/mol. The van der Waals surface area contributed by atoms with Crippen molar-refractivity contribution >= 4 is 15.7 Å². The topological polar surface area (TPSA) is 37.4 Å². The number of halogens is 1. The molecule has 5 heteroatoms. The molecule has 2 aromatic rings. The van der Waals surface area contributed by atoms with Crippen molar-refractivity contribution in [2.75, 3.05) is 10.8 Å². The molecule has 0 bridgehead atoms. The van der Waals surface area contributed by atoms with Gasteiger partial charge in [0.05, 0.1) is 10.6 Å². The second-order valence-corrected chi connectivity index (χ2v) is 7.61. The summed E-state index contributed by atoms with van der Waals surface area (Å²) in [4.78, 5) is 0.200. The van der Waals surface area contributed by atoms with Gasteiger partial charge in [-0.25, -0.2) is 12.8 Å². The fourth-order valence-corrected chi connectivity index (χ4v) is 4.43. The Hall–Kier alpha value is -1.88. The maximum Gasteiger partial charge on any atom is 0.264 e. The normalized spacial score (nSPS) is 14.8. The quantitative estimate of drug-likeness (QED) is 0.848. The van der Waals surface area contributed by atoms with Crippen molar-refractivity contribution in [3.63, 3.8) is 0 Å². The lowest BCUT2D eigenvalue weighted by Crippen LogP contribution is -2.36. The van der Waals surface area contributed by atoms with Crippen molar-refractivity contribution < 1.29 is 12.8 Å². The minimum absolute atomic E-state index is 0.200. The van der Waals surface area contributed by atoms with Gasteiger partial charge in [0.2, 0.25) is 0 Å². The summed E-state index contributed by atoms with van der Waals surface area (Å²) in [5.41, 5.74) is 2.77. The van der Waals surface area contributed by atoms with Crippen LogP contribution in [-0.4, -0.2) is 15.0 Å². The van der Waals surface area contributed by atoms with E-state index in [2.05, 4.69) is 0 Å². The maximum absolute atomic E-state index is 14.4. The van der Waals surface area contributed by atoms with Crippen LogP contribution < -0.4 is 4.31 Å². The Morgan fingerprint density at radius 1 is 1.05 bits per heavy atom. The van der Waals surface area contributed by atoms with Crippen LogP contribution in [0.15, 0.2) is 41.3 Å². The van der Waals surface area contributed by atoms with Crippen LogP contribution in [0.1, 0.15) is 23.1 Å².